The molecule has 1 fully saturated rings. The number of nitrogens with two attached hydrogens (primary N) is 1. The van der Waals surface area contributed by atoms with Crippen molar-refractivity contribution in [3.05, 3.63) is 17.0 Å². The Morgan fingerprint density at radius 2 is 1.95 bits per heavy atom. The molecule has 1 aliphatic heterocycles. The lowest BCUT2D eigenvalue weighted by molar-refractivity contribution is 0.223. The molecule has 0 bridgehead atoms. The Balaban J connectivity index is 2.28. The van der Waals surface area contributed by atoms with Gasteiger partial charge in [0.15, 0.2) is 0 Å². The average molecular weight is 318 g/mol. The lowest BCUT2D eigenvalue weighted by Crippen LogP contribution is -2.42. The molecule has 0 amide bonds. The van der Waals surface area contributed by atoms with Gasteiger partial charge in [-0.05, 0) is 30.4 Å². The zero-order valence-electron chi connectivity index (χ0n) is 11.0. The number of rotatable bonds is 3. The van der Waals surface area contributed by atoms with E-state index in [0.717, 1.165) is 17.8 Å². The van der Waals surface area contributed by atoms with E-state index in [4.69, 9.17) is 18.0 Å². The number of piperidine rings is 1. The van der Waals surface area contributed by atoms with E-state index in [9.17, 15) is 8.42 Å². The number of sulfonamides is 1. The Hall–Kier alpha value is -0.500. The predicted molar refractivity (Wildman–Crippen MR) is 81.9 cm³/mol. The van der Waals surface area contributed by atoms with Crippen molar-refractivity contribution in [1.29, 1.82) is 0 Å². The summed E-state index contributed by atoms with van der Waals surface area (Å²) in [7, 11) is -3.40. The number of hydrogen-bond donors (Lipinski definition) is 1. The maximum Gasteiger partial charge on any atom is 0.252 e. The van der Waals surface area contributed by atoms with Gasteiger partial charge in [0.05, 0.1) is 4.88 Å². The van der Waals surface area contributed by atoms with Gasteiger partial charge in [-0.3, -0.25) is 0 Å². The van der Waals surface area contributed by atoms with Crippen molar-refractivity contribution < 1.29 is 8.42 Å². The molecule has 1 aromatic rings. The van der Waals surface area contributed by atoms with Gasteiger partial charge >= 0.3 is 0 Å². The molecule has 1 saturated heterocycles. The van der Waals surface area contributed by atoms with Crippen LogP contribution in [0.15, 0.2) is 16.3 Å². The molecule has 1 aliphatic rings. The van der Waals surface area contributed by atoms with Crippen LogP contribution in [0.2, 0.25) is 0 Å². The summed E-state index contributed by atoms with van der Waals surface area (Å²) < 4.78 is 27.0. The summed E-state index contributed by atoms with van der Waals surface area (Å²) in [5.41, 5.74) is 5.53. The normalized spacial score (nSPS) is 25.4. The molecule has 106 valence electrons. The van der Waals surface area contributed by atoms with Crippen molar-refractivity contribution in [2.75, 3.05) is 13.1 Å². The van der Waals surface area contributed by atoms with Crippen molar-refractivity contribution in [3.8, 4) is 0 Å². The number of thiophene rings is 1. The highest BCUT2D eigenvalue weighted by atomic mass is 32.2. The molecule has 7 heteroatoms. The van der Waals surface area contributed by atoms with Crippen molar-refractivity contribution in [3.63, 3.8) is 0 Å². The Morgan fingerprint density at radius 1 is 1.37 bits per heavy atom. The van der Waals surface area contributed by atoms with E-state index in [1.807, 2.05) is 0 Å². The molecule has 0 aliphatic carbocycles. The molecule has 4 nitrogen and oxygen atoms in total. The van der Waals surface area contributed by atoms with Crippen LogP contribution in [0.25, 0.3) is 0 Å². The van der Waals surface area contributed by atoms with Gasteiger partial charge in [-0.1, -0.05) is 26.1 Å². The van der Waals surface area contributed by atoms with Crippen molar-refractivity contribution >= 4 is 38.6 Å². The van der Waals surface area contributed by atoms with Gasteiger partial charge in [0.25, 0.3) is 10.0 Å². The summed E-state index contributed by atoms with van der Waals surface area (Å²) >= 11 is 6.02. The molecule has 0 radical (unpaired) electrons. The molecule has 0 aromatic carbocycles. The van der Waals surface area contributed by atoms with Crippen LogP contribution < -0.4 is 5.73 Å². The van der Waals surface area contributed by atoms with E-state index in [1.165, 1.54) is 0 Å². The van der Waals surface area contributed by atoms with Gasteiger partial charge in [0, 0.05) is 13.1 Å². The van der Waals surface area contributed by atoms with Crippen LogP contribution in [-0.2, 0) is 10.0 Å². The molecule has 2 atom stereocenters. The van der Waals surface area contributed by atoms with Gasteiger partial charge in [-0.2, -0.15) is 4.31 Å². The molecule has 2 rings (SSSR count). The Morgan fingerprint density at radius 3 is 2.42 bits per heavy atom. The van der Waals surface area contributed by atoms with Crippen molar-refractivity contribution in [2.45, 2.75) is 24.5 Å². The summed E-state index contributed by atoms with van der Waals surface area (Å²) in [5.74, 6) is 0.794. The number of thiocarbonyl (C=S) groups is 1. The molecule has 0 spiro atoms. The minimum Gasteiger partial charge on any atom is -0.389 e. The van der Waals surface area contributed by atoms with Crippen LogP contribution in [0.5, 0.6) is 0 Å². The summed E-state index contributed by atoms with van der Waals surface area (Å²) in [6, 6.07) is 3.27. The molecular weight excluding hydrogens is 300 g/mol. The topological polar surface area (TPSA) is 63.4 Å². The first-order valence-electron chi connectivity index (χ1n) is 6.20. The third kappa shape index (κ3) is 3.16. The first-order chi connectivity index (χ1) is 8.80. The van der Waals surface area contributed by atoms with Gasteiger partial charge in [0.2, 0.25) is 0 Å². The van der Waals surface area contributed by atoms with Crippen LogP contribution >= 0.6 is 23.6 Å². The lowest BCUT2D eigenvalue weighted by atomic mass is 9.94. The maximum atomic E-state index is 12.6. The first-order valence-corrected chi connectivity index (χ1v) is 8.87. The number of nitrogens with zero attached hydrogens (tertiary/aromatic N) is 1. The molecule has 0 saturated carbocycles. The van der Waals surface area contributed by atoms with Crippen molar-refractivity contribution in [1.82, 2.24) is 4.31 Å². The molecule has 2 N–H and O–H groups in total. The SMILES string of the molecule is CC1CC(C)CN(S(=O)(=O)c2ccc(C(N)=S)s2)C1. The van der Waals surface area contributed by atoms with Gasteiger partial charge in [-0.15, -0.1) is 11.3 Å². The fraction of sp³-hybridized carbons (Fsp3) is 0.583. The van der Waals surface area contributed by atoms with Crippen molar-refractivity contribution in [2.24, 2.45) is 17.6 Å². The van der Waals surface area contributed by atoms with E-state index < -0.39 is 10.0 Å². The number of hydrogen-bond acceptors (Lipinski definition) is 4. The molecule has 2 unspecified atom stereocenters. The molecular formula is C12H18N2O2S3. The average Bonchev–Trinajstić information content (AvgIpc) is 2.77. The minimum atomic E-state index is -3.40. The second kappa shape index (κ2) is 5.47. The van der Waals surface area contributed by atoms with Crippen LogP contribution in [0.1, 0.15) is 25.1 Å². The maximum absolute atomic E-state index is 12.6. The Bertz CT molecular complexity index is 570. The molecule has 19 heavy (non-hydrogen) atoms. The predicted octanol–water partition coefficient (Wildman–Crippen LogP) is 2.05. The zero-order chi connectivity index (χ0) is 14.2. The highest BCUT2D eigenvalue weighted by molar-refractivity contribution is 7.91. The van der Waals surface area contributed by atoms with Crippen LogP contribution in [-0.4, -0.2) is 30.8 Å². The summed E-state index contributed by atoms with van der Waals surface area (Å²) in [6.45, 7) is 5.36. The molecule has 1 aromatic heterocycles. The third-order valence-electron chi connectivity index (χ3n) is 3.25. The largest absolute Gasteiger partial charge is 0.389 e. The lowest BCUT2D eigenvalue weighted by Gasteiger charge is -2.33. The summed E-state index contributed by atoms with van der Waals surface area (Å²) in [6.07, 6.45) is 1.08. The fourth-order valence-electron chi connectivity index (χ4n) is 2.52. The van der Waals surface area contributed by atoms with E-state index in [-0.39, 0.29) is 4.99 Å². The Labute approximate surface area is 123 Å². The standard InChI is InChI=1S/C12H18N2O2S3/c1-8-5-9(2)7-14(6-8)19(15,16)11-4-3-10(18-11)12(13)17/h3-4,8-9H,5-7H2,1-2H3,(H2,13,17). The van der Waals surface area contributed by atoms with Crippen LogP contribution in [0.4, 0.5) is 0 Å². The quantitative estimate of drug-likeness (QED) is 0.866. The second-order valence-corrected chi connectivity index (χ2v) is 8.94. The summed E-state index contributed by atoms with van der Waals surface area (Å²) in [5, 5.41) is 0. The van der Waals surface area contributed by atoms with Gasteiger partial charge in [0.1, 0.15) is 9.20 Å². The fourth-order valence-corrected chi connectivity index (χ4v) is 5.71. The van der Waals surface area contributed by atoms with Gasteiger partial charge < -0.3 is 5.73 Å². The highest BCUT2D eigenvalue weighted by Crippen LogP contribution is 2.30. The van der Waals surface area contributed by atoms with Crippen LogP contribution in [0, 0.1) is 11.8 Å². The van der Waals surface area contributed by atoms with Crippen LogP contribution in [0.3, 0.4) is 0 Å². The second-order valence-electron chi connectivity index (χ2n) is 5.25. The first kappa shape index (κ1) is 14.9. The Kier molecular flexibility index (Phi) is 4.29. The summed E-state index contributed by atoms with van der Waals surface area (Å²) in [4.78, 5) is 0.888. The highest BCUT2D eigenvalue weighted by Gasteiger charge is 2.32. The van der Waals surface area contributed by atoms with E-state index in [0.29, 0.717) is 34.0 Å². The third-order valence-corrected chi connectivity index (χ3v) is 7.02. The van der Waals surface area contributed by atoms with Gasteiger partial charge in [-0.25, -0.2) is 8.42 Å². The monoisotopic (exact) mass is 318 g/mol. The molecule has 2 heterocycles. The van der Waals surface area contributed by atoms with E-state index in [2.05, 4.69) is 13.8 Å². The van der Waals surface area contributed by atoms with E-state index >= 15 is 0 Å². The zero-order valence-corrected chi connectivity index (χ0v) is 13.4. The minimum absolute atomic E-state index is 0.242. The smallest absolute Gasteiger partial charge is 0.252 e. The van der Waals surface area contributed by atoms with E-state index in [1.54, 1.807) is 16.4 Å².